The first-order valence-corrected chi connectivity index (χ1v) is 8.17. The van der Waals surface area contributed by atoms with Gasteiger partial charge in [0, 0.05) is 30.6 Å². The van der Waals surface area contributed by atoms with Gasteiger partial charge in [-0.1, -0.05) is 18.5 Å². The quantitative estimate of drug-likeness (QED) is 0.927. The van der Waals surface area contributed by atoms with Crippen LogP contribution >= 0.6 is 22.9 Å². The summed E-state index contributed by atoms with van der Waals surface area (Å²) in [6.07, 6.45) is 2.30. The Labute approximate surface area is 124 Å². The van der Waals surface area contributed by atoms with E-state index in [1.54, 1.807) is 11.3 Å². The Balaban J connectivity index is 2.21. The molecule has 0 bridgehead atoms. The molecule has 3 unspecified atom stereocenters. The number of hydrogen-bond acceptors (Lipinski definition) is 4. The van der Waals surface area contributed by atoms with Crippen molar-refractivity contribution in [2.75, 3.05) is 19.7 Å². The molecule has 0 aliphatic carbocycles. The van der Waals surface area contributed by atoms with Gasteiger partial charge in [-0.25, -0.2) is 0 Å². The van der Waals surface area contributed by atoms with Crippen LogP contribution in [0, 0.1) is 0 Å². The average Bonchev–Trinajstić information content (AvgIpc) is 2.68. The van der Waals surface area contributed by atoms with Crippen LogP contribution in [0.15, 0.2) is 12.1 Å². The van der Waals surface area contributed by atoms with Crippen molar-refractivity contribution in [1.29, 1.82) is 0 Å². The zero-order valence-corrected chi connectivity index (χ0v) is 13.2. The third-order valence-corrected chi connectivity index (χ3v) is 4.94. The molecule has 0 amide bonds. The first-order valence-electron chi connectivity index (χ1n) is 6.98. The van der Waals surface area contributed by atoms with Gasteiger partial charge in [0.15, 0.2) is 0 Å². The van der Waals surface area contributed by atoms with Gasteiger partial charge < -0.3 is 10.5 Å². The molecule has 0 radical (unpaired) electrons. The van der Waals surface area contributed by atoms with E-state index in [0.29, 0.717) is 0 Å². The van der Waals surface area contributed by atoms with E-state index in [9.17, 15) is 0 Å². The van der Waals surface area contributed by atoms with Crippen LogP contribution in [0.4, 0.5) is 0 Å². The number of ether oxygens (including phenoxy) is 1. The van der Waals surface area contributed by atoms with Crippen molar-refractivity contribution in [3.63, 3.8) is 0 Å². The molecule has 5 heteroatoms. The first-order chi connectivity index (χ1) is 9.11. The zero-order chi connectivity index (χ0) is 13.8. The standard InChI is InChI=1S/C14H23ClN2OS/c1-3-11(16)14(12-5-6-13(15)19-12)17-7-4-8-18-10(2)9-17/h5-6,10-11,14H,3-4,7-9,16H2,1-2H3. The van der Waals surface area contributed by atoms with Crippen molar-refractivity contribution in [2.24, 2.45) is 5.73 Å². The van der Waals surface area contributed by atoms with Crippen LogP contribution in [0.3, 0.4) is 0 Å². The Morgan fingerprint density at radius 1 is 1.58 bits per heavy atom. The number of halogens is 1. The normalized spacial score (nSPS) is 24.9. The van der Waals surface area contributed by atoms with Crippen LogP contribution < -0.4 is 5.73 Å². The lowest BCUT2D eigenvalue weighted by Gasteiger charge is -2.34. The minimum absolute atomic E-state index is 0.139. The van der Waals surface area contributed by atoms with Crippen LogP contribution in [0.2, 0.25) is 4.34 Å². The molecule has 3 nitrogen and oxygen atoms in total. The summed E-state index contributed by atoms with van der Waals surface area (Å²) in [6.45, 7) is 7.10. The number of nitrogens with two attached hydrogens (primary N) is 1. The SMILES string of the molecule is CCC(N)C(c1ccc(Cl)s1)N1CCCOC(C)C1. The molecule has 108 valence electrons. The third-order valence-electron chi connectivity index (χ3n) is 3.64. The molecule has 1 aliphatic rings. The molecular formula is C14H23ClN2OS. The largest absolute Gasteiger partial charge is 0.377 e. The summed E-state index contributed by atoms with van der Waals surface area (Å²) in [5.41, 5.74) is 6.37. The highest BCUT2D eigenvalue weighted by atomic mass is 35.5. The lowest BCUT2D eigenvalue weighted by molar-refractivity contribution is 0.0579. The van der Waals surface area contributed by atoms with Gasteiger partial charge in [-0.3, -0.25) is 4.90 Å². The van der Waals surface area contributed by atoms with Crippen molar-refractivity contribution in [1.82, 2.24) is 4.90 Å². The molecule has 2 N–H and O–H groups in total. The second-order valence-corrected chi connectivity index (χ2v) is 6.94. The van der Waals surface area contributed by atoms with E-state index in [0.717, 1.165) is 36.9 Å². The van der Waals surface area contributed by atoms with Crippen LogP contribution in [0.5, 0.6) is 0 Å². The Morgan fingerprint density at radius 3 is 3.00 bits per heavy atom. The highest BCUT2D eigenvalue weighted by molar-refractivity contribution is 7.16. The Hall–Kier alpha value is -0.130. The zero-order valence-electron chi connectivity index (χ0n) is 11.6. The predicted molar refractivity (Wildman–Crippen MR) is 81.9 cm³/mol. The highest BCUT2D eigenvalue weighted by Gasteiger charge is 2.29. The summed E-state index contributed by atoms with van der Waals surface area (Å²) in [6, 6.07) is 4.48. The van der Waals surface area contributed by atoms with Gasteiger partial charge in [0.1, 0.15) is 0 Å². The lowest BCUT2D eigenvalue weighted by Crippen LogP contribution is -2.43. The summed E-state index contributed by atoms with van der Waals surface area (Å²) in [7, 11) is 0. The Bertz CT molecular complexity index is 399. The fraction of sp³-hybridized carbons (Fsp3) is 0.714. The van der Waals surface area contributed by atoms with E-state index >= 15 is 0 Å². The molecule has 3 atom stereocenters. The van der Waals surface area contributed by atoms with Crippen molar-refractivity contribution in [3.8, 4) is 0 Å². The lowest BCUT2D eigenvalue weighted by atomic mass is 10.0. The molecule has 2 rings (SSSR count). The van der Waals surface area contributed by atoms with Crippen molar-refractivity contribution in [2.45, 2.75) is 44.9 Å². The number of hydrogen-bond donors (Lipinski definition) is 1. The van der Waals surface area contributed by atoms with E-state index in [-0.39, 0.29) is 18.2 Å². The number of nitrogens with zero attached hydrogens (tertiary/aromatic N) is 1. The topological polar surface area (TPSA) is 38.5 Å². The fourth-order valence-corrected chi connectivity index (χ4v) is 3.92. The maximum Gasteiger partial charge on any atom is 0.0931 e. The molecule has 2 heterocycles. The molecule has 0 aromatic carbocycles. The molecule has 19 heavy (non-hydrogen) atoms. The van der Waals surface area contributed by atoms with Gasteiger partial charge >= 0.3 is 0 Å². The average molecular weight is 303 g/mol. The molecule has 1 saturated heterocycles. The summed E-state index contributed by atoms with van der Waals surface area (Å²) in [5.74, 6) is 0. The molecule has 1 aromatic heterocycles. The second-order valence-electron chi connectivity index (χ2n) is 5.19. The Morgan fingerprint density at radius 2 is 2.37 bits per heavy atom. The molecule has 1 fully saturated rings. The minimum atomic E-state index is 0.139. The van der Waals surface area contributed by atoms with Gasteiger partial charge in [-0.05, 0) is 31.9 Å². The minimum Gasteiger partial charge on any atom is -0.377 e. The summed E-state index contributed by atoms with van der Waals surface area (Å²) < 4.78 is 6.57. The van der Waals surface area contributed by atoms with Gasteiger partial charge in [-0.15, -0.1) is 11.3 Å². The van der Waals surface area contributed by atoms with Crippen LogP contribution in [0.1, 0.15) is 37.6 Å². The maximum absolute atomic E-state index is 6.37. The summed E-state index contributed by atoms with van der Waals surface area (Å²) >= 11 is 7.73. The van der Waals surface area contributed by atoms with Gasteiger partial charge in [0.25, 0.3) is 0 Å². The molecule has 0 spiro atoms. The molecule has 0 saturated carbocycles. The fourth-order valence-electron chi connectivity index (χ4n) is 2.65. The van der Waals surface area contributed by atoms with E-state index in [1.165, 1.54) is 4.88 Å². The molecule has 1 aliphatic heterocycles. The van der Waals surface area contributed by atoms with Crippen molar-refractivity contribution in [3.05, 3.63) is 21.3 Å². The van der Waals surface area contributed by atoms with Crippen LogP contribution in [-0.2, 0) is 4.74 Å². The first kappa shape index (κ1) is 15.3. The molecule has 1 aromatic rings. The summed E-state index contributed by atoms with van der Waals surface area (Å²) in [4.78, 5) is 3.74. The third kappa shape index (κ3) is 3.92. The predicted octanol–water partition coefficient (Wildman–Crippen LogP) is 3.29. The van der Waals surface area contributed by atoms with E-state index in [1.807, 2.05) is 6.07 Å². The highest BCUT2D eigenvalue weighted by Crippen LogP contribution is 2.33. The van der Waals surface area contributed by atoms with E-state index < -0.39 is 0 Å². The summed E-state index contributed by atoms with van der Waals surface area (Å²) in [5, 5.41) is 0. The monoisotopic (exact) mass is 302 g/mol. The van der Waals surface area contributed by atoms with Crippen molar-refractivity contribution >= 4 is 22.9 Å². The van der Waals surface area contributed by atoms with E-state index in [2.05, 4.69) is 24.8 Å². The Kier molecular flexibility index (Phi) is 5.66. The van der Waals surface area contributed by atoms with Crippen LogP contribution in [-0.4, -0.2) is 36.7 Å². The maximum atomic E-state index is 6.37. The number of thiophene rings is 1. The van der Waals surface area contributed by atoms with Gasteiger partial charge in [-0.2, -0.15) is 0 Å². The van der Waals surface area contributed by atoms with Gasteiger partial charge in [0.2, 0.25) is 0 Å². The van der Waals surface area contributed by atoms with Crippen LogP contribution in [0.25, 0.3) is 0 Å². The second kappa shape index (κ2) is 7.04. The van der Waals surface area contributed by atoms with Gasteiger partial charge in [0.05, 0.1) is 16.5 Å². The van der Waals surface area contributed by atoms with E-state index in [4.69, 9.17) is 22.1 Å². The number of rotatable bonds is 4. The van der Waals surface area contributed by atoms with Crippen molar-refractivity contribution < 1.29 is 4.74 Å². The molecular weight excluding hydrogens is 280 g/mol. The smallest absolute Gasteiger partial charge is 0.0931 e.